The Hall–Kier alpha value is -1.52. The largest absolute Gasteiger partial charge is 0.416 e. The van der Waals surface area contributed by atoms with Crippen molar-refractivity contribution >= 4 is 10.0 Å². The Morgan fingerprint density at radius 1 is 1.24 bits per heavy atom. The van der Waals surface area contributed by atoms with Gasteiger partial charge in [-0.25, -0.2) is 8.42 Å². The summed E-state index contributed by atoms with van der Waals surface area (Å²) in [6.07, 6.45) is 0.378. The fourth-order valence-electron chi connectivity index (χ4n) is 1.04. The van der Waals surface area contributed by atoms with Crippen LogP contribution in [0.15, 0.2) is 29.2 Å². The van der Waals surface area contributed by atoms with Crippen LogP contribution in [0.3, 0.4) is 0 Å². The van der Waals surface area contributed by atoms with Crippen LogP contribution in [0, 0.1) is 12.3 Å². The molecule has 0 spiro atoms. The predicted molar refractivity (Wildman–Crippen MR) is 55.5 cm³/mol. The molecule has 0 aliphatic carbocycles. The molecule has 0 saturated heterocycles. The molecule has 0 aliphatic rings. The van der Waals surface area contributed by atoms with E-state index in [1.165, 1.54) is 0 Å². The number of sulfonamides is 1. The van der Waals surface area contributed by atoms with Gasteiger partial charge in [-0.1, -0.05) is 5.92 Å². The van der Waals surface area contributed by atoms with Gasteiger partial charge in [0.15, 0.2) is 0 Å². The molecule has 0 heterocycles. The summed E-state index contributed by atoms with van der Waals surface area (Å²) in [6, 6.07) is 3.15. The first kappa shape index (κ1) is 13.5. The molecule has 0 radical (unpaired) electrons. The number of alkyl halides is 3. The maximum Gasteiger partial charge on any atom is 0.416 e. The van der Waals surface area contributed by atoms with Crippen molar-refractivity contribution in [3.05, 3.63) is 29.8 Å². The lowest BCUT2D eigenvalue weighted by Crippen LogP contribution is -2.24. The van der Waals surface area contributed by atoms with Gasteiger partial charge in [0.25, 0.3) is 0 Å². The molecule has 3 nitrogen and oxygen atoms in total. The van der Waals surface area contributed by atoms with Gasteiger partial charge in [-0.3, -0.25) is 0 Å². The second-order valence-electron chi connectivity index (χ2n) is 3.05. The smallest absolute Gasteiger partial charge is 0.207 e. The Labute approximate surface area is 96.7 Å². The van der Waals surface area contributed by atoms with Gasteiger partial charge in [-0.2, -0.15) is 17.9 Å². The van der Waals surface area contributed by atoms with Crippen LogP contribution in [0.5, 0.6) is 0 Å². The first-order chi connectivity index (χ1) is 7.77. The molecule has 17 heavy (non-hydrogen) atoms. The summed E-state index contributed by atoms with van der Waals surface area (Å²) in [5.41, 5.74) is -0.909. The lowest BCUT2D eigenvalue weighted by atomic mass is 10.2. The topological polar surface area (TPSA) is 46.2 Å². The van der Waals surface area contributed by atoms with Crippen LogP contribution in [-0.4, -0.2) is 15.0 Å². The van der Waals surface area contributed by atoms with E-state index in [1.807, 2.05) is 4.72 Å². The van der Waals surface area contributed by atoms with E-state index in [1.54, 1.807) is 0 Å². The van der Waals surface area contributed by atoms with E-state index < -0.39 is 21.8 Å². The van der Waals surface area contributed by atoms with Crippen molar-refractivity contribution in [1.82, 2.24) is 4.72 Å². The number of nitrogens with one attached hydrogen (secondary N) is 1. The Morgan fingerprint density at radius 2 is 1.76 bits per heavy atom. The van der Waals surface area contributed by atoms with Gasteiger partial charge in [0.2, 0.25) is 10.0 Å². The Bertz CT molecular complexity index is 526. The quantitative estimate of drug-likeness (QED) is 0.842. The molecule has 1 rings (SSSR count). The Kier molecular flexibility index (Phi) is 3.80. The van der Waals surface area contributed by atoms with Gasteiger partial charge in [0.1, 0.15) is 0 Å². The number of benzene rings is 1. The zero-order chi connectivity index (χ0) is 13.1. The highest BCUT2D eigenvalue weighted by atomic mass is 32.2. The predicted octanol–water partition coefficient (Wildman–Crippen LogP) is 1.62. The Balaban J connectivity index is 3.00. The third-order valence-corrected chi connectivity index (χ3v) is 3.27. The molecule has 92 valence electrons. The summed E-state index contributed by atoms with van der Waals surface area (Å²) in [6.45, 7) is -0.219. The van der Waals surface area contributed by atoms with Crippen LogP contribution < -0.4 is 4.72 Å². The fourth-order valence-corrected chi connectivity index (χ4v) is 1.98. The number of terminal acetylenes is 1. The van der Waals surface area contributed by atoms with E-state index in [4.69, 9.17) is 6.42 Å². The molecule has 7 heteroatoms. The zero-order valence-electron chi connectivity index (χ0n) is 8.45. The highest BCUT2D eigenvalue weighted by molar-refractivity contribution is 7.89. The number of rotatable bonds is 3. The third-order valence-electron chi connectivity index (χ3n) is 1.86. The van der Waals surface area contributed by atoms with Crippen LogP contribution in [0.1, 0.15) is 5.56 Å². The maximum absolute atomic E-state index is 12.2. The lowest BCUT2D eigenvalue weighted by molar-refractivity contribution is -0.137. The van der Waals surface area contributed by atoms with Gasteiger partial charge in [-0.15, -0.1) is 6.42 Å². The summed E-state index contributed by atoms with van der Waals surface area (Å²) in [5, 5.41) is 0. The molecule has 0 aromatic heterocycles. The van der Waals surface area contributed by atoms with Crippen molar-refractivity contribution in [3.8, 4) is 12.3 Å². The van der Waals surface area contributed by atoms with E-state index in [0.717, 1.165) is 12.1 Å². The average molecular weight is 263 g/mol. The first-order valence-corrected chi connectivity index (χ1v) is 5.86. The summed E-state index contributed by atoms with van der Waals surface area (Å²) in [7, 11) is -3.84. The van der Waals surface area contributed by atoms with Crippen LogP contribution in [0.4, 0.5) is 13.2 Å². The highest BCUT2D eigenvalue weighted by Crippen LogP contribution is 2.29. The molecule has 1 aromatic rings. The Morgan fingerprint density at radius 3 is 2.18 bits per heavy atom. The van der Waals surface area contributed by atoms with Crippen molar-refractivity contribution in [2.45, 2.75) is 11.1 Å². The fraction of sp³-hybridized carbons (Fsp3) is 0.200. The van der Waals surface area contributed by atoms with Crippen molar-refractivity contribution in [2.75, 3.05) is 6.54 Å². The SMILES string of the molecule is C#CCNS(=O)(=O)c1ccc(C(F)(F)F)cc1. The van der Waals surface area contributed by atoms with E-state index in [0.29, 0.717) is 12.1 Å². The number of hydrogen-bond donors (Lipinski definition) is 1. The molecule has 0 amide bonds. The summed E-state index contributed by atoms with van der Waals surface area (Å²) in [4.78, 5) is -0.263. The molecule has 0 saturated carbocycles. The molecular weight excluding hydrogens is 255 g/mol. The van der Waals surface area contributed by atoms with E-state index in [-0.39, 0.29) is 11.4 Å². The number of halogens is 3. The molecule has 1 N–H and O–H groups in total. The lowest BCUT2D eigenvalue weighted by Gasteiger charge is -2.08. The average Bonchev–Trinajstić information content (AvgIpc) is 2.25. The van der Waals surface area contributed by atoms with Crippen molar-refractivity contribution < 1.29 is 21.6 Å². The molecule has 1 aromatic carbocycles. The van der Waals surface area contributed by atoms with E-state index >= 15 is 0 Å². The van der Waals surface area contributed by atoms with Crippen LogP contribution in [0.25, 0.3) is 0 Å². The van der Waals surface area contributed by atoms with Crippen molar-refractivity contribution in [1.29, 1.82) is 0 Å². The molecular formula is C10H8F3NO2S. The monoisotopic (exact) mass is 263 g/mol. The maximum atomic E-state index is 12.2. The first-order valence-electron chi connectivity index (χ1n) is 4.38. The minimum atomic E-state index is -4.49. The van der Waals surface area contributed by atoms with Crippen molar-refractivity contribution in [3.63, 3.8) is 0 Å². The summed E-state index contributed by atoms with van der Waals surface area (Å²) >= 11 is 0. The minimum absolute atomic E-state index is 0.219. The highest BCUT2D eigenvalue weighted by Gasteiger charge is 2.30. The normalized spacial score (nSPS) is 12.1. The third kappa shape index (κ3) is 3.47. The van der Waals surface area contributed by atoms with Crippen LogP contribution >= 0.6 is 0 Å². The summed E-state index contributed by atoms with van der Waals surface area (Å²) < 4.78 is 61.6. The standard InChI is InChI=1S/C10H8F3NO2S/c1-2-7-14-17(15,16)9-5-3-8(4-6-9)10(11,12)13/h1,3-6,14H,7H2. The summed E-state index contributed by atoms with van der Waals surface area (Å²) in [5.74, 6) is 2.06. The minimum Gasteiger partial charge on any atom is -0.207 e. The van der Waals surface area contributed by atoms with Gasteiger partial charge >= 0.3 is 6.18 Å². The van der Waals surface area contributed by atoms with E-state index in [9.17, 15) is 21.6 Å². The van der Waals surface area contributed by atoms with Crippen molar-refractivity contribution in [2.24, 2.45) is 0 Å². The van der Waals surface area contributed by atoms with Crippen LogP contribution in [-0.2, 0) is 16.2 Å². The van der Waals surface area contributed by atoms with Gasteiger partial charge in [0, 0.05) is 0 Å². The zero-order valence-corrected chi connectivity index (χ0v) is 9.27. The second-order valence-corrected chi connectivity index (χ2v) is 4.82. The van der Waals surface area contributed by atoms with Gasteiger partial charge in [-0.05, 0) is 24.3 Å². The molecule has 0 atom stereocenters. The van der Waals surface area contributed by atoms with Gasteiger partial charge < -0.3 is 0 Å². The second kappa shape index (κ2) is 4.77. The van der Waals surface area contributed by atoms with E-state index in [2.05, 4.69) is 5.92 Å². The number of hydrogen-bond acceptors (Lipinski definition) is 2. The molecule has 0 bridgehead atoms. The molecule has 0 aliphatic heterocycles. The molecule has 0 unspecified atom stereocenters. The molecule has 0 fully saturated rings. The van der Waals surface area contributed by atoms with Gasteiger partial charge in [0.05, 0.1) is 17.0 Å². The van der Waals surface area contributed by atoms with Crippen LogP contribution in [0.2, 0.25) is 0 Å².